The summed E-state index contributed by atoms with van der Waals surface area (Å²) in [6, 6.07) is 0. The molecule has 0 radical (unpaired) electrons. The van der Waals surface area contributed by atoms with Crippen molar-refractivity contribution in [3.05, 3.63) is 0 Å². The van der Waals surface area contributed by atoms with Crippen molar-refractivity contribution in [3.8, 4) is 0 Å². The smallest absolute Gasteiger partial charge is 0.0823 e. The lowest BCUT2D eigenvalue weighted by molar-refractivity contribution is 0.695. The first kappa shape index (κ1) is 12.5. The third-order valence-corrected chi connectivity index (χ3v) is 2.00. The zero-order chi connectivity index (χ0) is 9.78. The Morgan fingerprint density at radius 2 is 1.69 bits per heavy atom. The Balaban J connectivity index is 2.95. The lowest BCUT2D eigenvalue weighted by atomic mass is 10.2. The first-order chi connectivity index (χ1) is 6.41. The molecule has 0 saturated carbocycles. The predicted octanol–water partition coefficient (Wildman–Crippen LogP) is 2.98. The highest BCUT2D eigenvalue weighted by Crippen LogP contribution is 1.93. The van der Waals surface area contributed by atoms with E-state index in [0.717, 1.165) is 13.1 Å². The van der Waals surface area contributed by atoms with E-state index in [1.54, 1.807) is 0 Å². The van der Waals surface area contributed by atoms with Gasteiger partial charge in [-0.3, -0.25) is 4.99 Å². The van der Waals surface area contributed by atoms with Crippen molar-refractivity contribution in [2.45, 2.75) is 52.4 Å². The molecule has 2 heteroatoms. The van der Waals surface area contributed by atoms with Gasteiger partial charge in [-0.2, -0.15) is 0 Å². The summed E-state index contributed by atoms with van der Waals surface area (Å²) in [5, 5.41) is 3.21. The molecule has 2 nitrogen and oxygen atoms in total. The lowest BCUT2D eigenvalue weighted by Gasteiger charge is -1.98. The average molecular weight is 184 g/mol. The van der Waals surface area contributed by atoms with Gasteiger partial charge in [0.2, 0.25) is 0 Å². The highest BCUT2D eigenvalue weighted by molar-refractivity contribution is 5.53. The number of unbranched alkanes of at least 4 members (excludes halogenated alkanes) is 4. The van der Waals surface area contributed by atoms with E-state index in [4.69, 9.17) is 0 Å². The van der Waals surface area contributed by atoms with Crippen molar-refractivity contribution in [1.29, 1.82) is 0 Å². The van der Waals surface area contributed by atoms with Gasteiger partial charge in [-0.1, -0.05) is 39.5 Å². The third-order valence-electron chi connectivity index (χ3n) is 2.00. The Morgan fingerprint density at radius 1 is 1.00 bits per heavy atom. The van der Waals surface area contributed by atoms with Gasteiger partial charge in [0.1, 0.15) is 0 Å². The fourth-order valence-electron chi connectivity index (χ4n) is 1.12. The minimum absolute atomic E-state index is 0.981. The summed E-state index contributed by atoms with van der Waals surface area (Å²) in [6.07, 6.45) is 9.53. The van der Waals surface area contributed by atoms with Crippen LogP contribution >= 0.6 is 0 Å². The molecule has 0 spiro atoms. The summed E-state index contributed by atoms with van der Waals surface area (Å²) in [6.45, 7) is 6.49. The second-order valence-electron chi connectivity index (χ2n) is 3.40. The van der Waals surface area contributed by atoms with Gasteiger partial charge in [-0.25, -0.2) is 0 Å². The number of aliphatic imine (C=N–C) groups is 1. The van der Waals surface area contributed by atoms with Crippen LogP contribution in [0.15, 0.2) is 4.99 Å². The van der Waals surface area contributed by atoms with Gasteiger partial charge in [0, 0.05) is 13.1 Å². The number of hydrogen-bond acceptors (Lipinski definition) is 1. The van der Waals surface area contributed by atoms with Crippen molar-refractivity contribution in [3.63, 3.8) is 0 Å². The Morgan fingerprint density at radius 3 is 2.38 bits per heavy atom. The molecule has 13 heavy (non-hydrogen) atoms. The highest BCUT2D eigenvalue weighted by Gasteiger charge is 1.83. The molecule has 1 N–H and O–H groups in total. The van der Waals surface area contributed by atoms with Gasteiger partial charge in [-0.15, -0.1) is 0 Å². The molecule has 0 aromatic rings. The summed E-state index contributed by atoms with van der Waals surface area (Å²) in [7, 11) is 0. The molecule has 0 aliphatic carbocycles. The molecular formula is C11H24N2. The van der Waals surface area contributed by atoms with Gasteiger partial charge in [0.05, 0.1) is 6.34 Å². The zero-order valence-corrected chi connectivity index (χ0v) is 9.18. The number of nitrogens with one attached hydrogen (secondary N) is 1. The molecule has 0 amide bonds. The van der Waals surface area contributed by atoms with Crippen molar-refractivity contribution in [1.82, 2.24) is 5.32 Å². The summed E-state index contributed by atoms with van der Waals surface area (Å²) in [5.74, 6) is 0. The molecule has 0 atom stereocenters. The third kappa shape index (κ3) is 11.5. The Labute approximate surface area is 82.8 Å². The van der Waals surface area contributed by atoms with Crippen LogP contribution in [-0.2, 0) is 0 Å². The lowest BCUT2D eigenvalue weighted by Crippen LogP contribution is -2.12. The molecule has 0 saturated heterocycles. The van der Waals surface area contributed by atoms with Gasteiger partial charge in [0.15, 0.2) is 0 Å². The summed E-state index contributed by atoms with van der Waals surface area (Å²) in [4.78, 5) is 4.27. The topological polar surface area (TPSA) is 24.4 Å². The quantitative estimate of drug-likeness (QED) is 0.332. The molecule has 78 valence electrons. The van der Waals surface area contributed by atoms with E-state index in [1.165, 1.54) is 38.5 Å². The number of rotatable bonds is 9. The molecular weight excluding hydrogens is 160 g/mol. The van der Waals surface area contributed by atoms with Gasteiger partial charge >= 0.3 is 0 Å². The van der Waals surface area contributed by atoms with Gasteiger partial charge in [0.25, 0.3) is 0 Å². The van der Waals surface area contributed by atoms with Crippen LogP contribution in [-0.4, -0.2) is 19.4 Å². The monoisotopic (exact) mass is 184 g/mol. The van der Waals surface area contributed by atoms with Crippen LogP contribution in [0.2, 0.25) is 0 Å². The van der Waals surface area contributed by atoms with E-state index in [0.29, 0.717) is 0 Å². The largest absolute Gasteiger partial charge is 0.376 e. The zero-order valence-electron chi connectivity index (χ0n) is 9.18. The molecule has 0 aromatic heterocycles. The van der Waals surface area contributed by atoms with E-state index in [1.807, 2.05) is 6.34 Å². The fraction of sp³-hybridized carbons (Fsp3) is 0.909. The molecule has 0 aromatic carbocycles. The standard InChI is InChI=1S/C11H24N2/c1-3-5-7-9-12-11-13-10-8-6-4-2/h11H,3-10H2,1-2H3,(H,12,13). The van der Waals surface area contributed by atoms with E-state index < -0.39 is 0 Å². The van der Waals surface area contributed by atoms with Crippen LogP contribution in [0.3, 0.4) is 0 Å². The fourth-order valence-corrected chi connectivity index (χ4v) is 1.12. The summed E-state index contributed by atoms with van der Waals surface area (Å²) >= 11 is 0. The molecule has 0 bridgehead atoms. The van der Waals surface area contributed by atoms with Gasteiger partial charge < -0.3 is 5.32 Å². The number of nitrogens with zero attached hydrogens (tertiary/aromatic N) is 1. The van der Waals surface area contributed by atoms with Crippen molar-refractivity contribution >= 4 is 6.34 Å². The van der Waals surface area contributed by atoms with Crippen molar-refractivity contribution < 1.29 is 0 Å². The van der Waals surface area contributed by atoms with Gasteiger partial charge in [-0.05, 0) is 12.8 Å². The Bertz CT molecular complexity index is 111. The maximum absolute atomic E-state index is 4.27. The van der Waals surface area contributed by atoms with Crippen LogP contribution in [0.25, 0.3) is 0 Å². The Kier molecular flexibility index (Phi) is 11.0. The summed E-state index contributed by atoms with van der Waals surface area (Å²) in [5.41, 5.74) is 0. The van der Waals surface area contributed by atoms with E-state index in [2.05, 4.69) is 24.2 Å². The minimum atomic E-state index is 0.981. The maximum Gasteiger partial charge on any atom is 0.0823 e. The SMILES string of the molecule is CCCCC/N=C/NCCCCC. The average Bonchev–Trinajstić information content (AvgIpc) is 2.16. The first-order valence-corrected chi connectivity index (χ1v) is 5.63. The van der Waals surface area contributed by atoms with Crippen molar-refractivity contribution in [2.75, 3.05) is 13.1 Å². The normalized spacial score (nSPS) is 10.9. The molecule has 0 rings (SSSR count). The van der Waals surface area contributed by atoms with Crippen LogP contribution in [0.4, 0.5) is 0 Å². The number of hydrogen-bond donors (Lipinski definition) is 1. The van der Waals surface area contributed by atoms with Crippen LogP contribution < -0.4 is 5.32 Å². The molecule has 0 aliphatic rings. The predicted molar refractivity (Wildman–Crippen MR) is 60.4 cm³/mol. The maximum atomic E-state index is 4.27. The minimum Gasteiger partial charge on any atom is -0.376 e. The highest BCUT2D eigenvalue weighted by atomic mass is 14.9. The van der Waals surface area contributed by atoms with Crippen LogP contribution in [0.1, 0.15) is 52.4 Å². The summed E-state index contributed by atoms with van der Waals surface area (Å²) < 4.78 is 0. The van der Waals surface area contributed by atoms with Crippen molar-refractivity contribution in [2.24, 2.45) is 4.99 Å². The molecule has 0 fully saturated rings. The van der Waals surface area contributed by atoms with E-state index in [-0.39, 0.29) is 0 Å². The first-order valence-electron chi connectivity index (χ1n) is 5.63. The molecule has 0 heterocycles. The van der Waals surface area contributed by atoms with Crippen LogP contribution in [0, 0.1) is 0 Å². The second kappa shape index (κ2) is 11.5. The van der Waals surface area contributed by atoms with E-state index in [9.17, 15) is 0 Å². The van der Waals surface area contributed by atoms with Crippen LogP contribution in [0.5, 0.6) is 0 Å². The van der Waals surface area contributed by atoms with E-state index >= 15 is 0 Å². The molecule has 0 unspecified atom stereocenters. The molecule has 0 aliphatic heterocycles. The Hall–Kier alpha value is -0.530. The second-order valence-corrected chi connectivity index (χ2v) is 3.40.